The van der Waals surface area contributed by atoms with Crippen molar-refractivity contribution >= 4 is 28.9 Å². The van der Waals surface area contributed by atoms with E-state index in [4.69, 9.17) is 0 Å². The lowest BCUT2D eigenvalue weighted by Gasteiger charge is -1.89. The fourth-order valence-electron chi connectivity index (χ4n) is 0.605. The molecule has 0 unspecified atom stereocenters. The van der Waals surface area contributed by atoms with Crippen LogP contribution in [0.25, 0.3) is 0 Å². The van der Waals surface area contributed by atoms with Crippen LogP contribution in [0.15, 0.2) is 23.3 Å². The van der Waals surface area contributed by atoms with Gasteiger partial charge in [0.15, 0.2) is 6.20 Å². The van der Waals surface area contributed by atoms with Crippen LogP contribution in [0.1, 0.15) is 0 Å². The summed E-state index contributed by atoms with van der Waals surface area (Å²) in [4.78, 5) is 16.7. The van der Waals surface area contributed by atoms with E-state index in [1.165, 1.54) is 18.3 Å². The van der Waals surface area contributed by atoms with Gasteiger partial charge in [-0.2, -0.15) is 4.99 Å². The fourth-order valence-corrected chi connectivity index (χ4v) is 0.711. The predicted molar refractivity (Wildman–Crippen MR) is 45.6 cm³/mol. The van der Waals surface area contributed by atoms with Crippen LogP contribution in [0.4, 0.5) is 11.5 Å². The molecule has 1 aromatic rings. The number of nitrogens with zero attached hydrogens (tertiary/aromatic N) is 3. The topological polar surface area (TPSA) is 68.4 Å². The van der Waals surface area contributed by atoms with Gasteiger partial charge in [0.25, 0.3) is 0 Å². The van der Waals surface area contributed by atoms with Gasteiger partial charge >= 0.3 is 5.82 Å². The lowest BCUT2D eigenvalue weighted by atomic mass is 10.4. The molecule has 1 aromatic heterocycles. The van der Waals surface area contributed by atoms with Crippen LogP contribution in [-0.2, 0) is 0 Å². The number of thiocarbonyl (C=S) groups is 1. The molecular weight excluding hydrogens is 178 g/mol. The molecule has 0 spiro atoms. The van der Waals surface area contributed by atoms with Gasteiger partial charge in [0, 0.05) is 6.07 Å². The highest BCUT2D eigenvalue weighted by atomic mass is 32.1. The van der Waals surface area contributed by atoms with Crippen LogP contribution in [0.3, 0.4) is 0 Å². The maximum atomic E-state index is 10.1. The number of hydrogen-bond acceptors (Lipinski definition) is 5. The van der Waals surface area contributed by atoms with Crippen LogP contribution in [0, 0.1) is 10.1 Å². The molecule has 0 aliphatic heterocycles. The summed E-state index contributed by atoms with van der Waals surface area (Å²) in [7, 11) is 0. The predicted octanol–water partition coefficient (Wildman–Crippen LogP) is 1.72. The minimum atomic E-state index is -0.578. The monoisotopic (exact) mass is 181 g/mol. The molecule has 0 radical (unpaired) electrons. The van der Waals surface area contributed by atoms with Gasteiger partial charge in [0.1, 0.15) is 5.69 Å². The Balaban J connectivity index is 3.00. The molecule has 60 valence electrons. The fraction of sp³-hybridized carbons (Fsp3) is 0. The van der Waals surface area contributed by atoms with Crippen molar-refractivity contribution in [2.45, 2.75) is 0 Å². The minimum absolute atomic E-state index is 0.210. The van der Waals surface area contributed by atoms with Crippen LogP contribution < -0.4 is 0 Å². The summed E-state index contributed by atoms with van der Waals surface area (Å²) in [5.41, 5.74) is 0.454. The third kappa shape index (κ3) is 1.91. The number of aromatic nitrogens is 1. The van der Waals surface area contributed by atoms with Crippen molar-refractivity contribution in [3.05, 3.63) is 28.4 Å². The van der Waals surface area contributed by atoms with E-state index in [0.717, 1.165) is 0 Å². The molecule has 5 nitrogen and oxygen atoms in total. The Morgan fingerprint density at radius 2 is 2.42 bits per heavy atom. The van der Waals surface area contributed by atoms with Crippen LogP contribution in [0.5, 0.6) is 0 Å². The van der Waals surface area contributed by atoms with E-state index < -0.39 is 4.92 Å². The van der Waals surface area contributed by atoms with Crippen molar-refractivity contribution in [1.82, 2.24) is 4.98 Å². The smallest absolute Gasteiger partial charge is 0.358 e. The first kappa shape index (κ1) is 8.45. The number of aliphatic imine (C=N–C) groups is 1. The first-order valence-corrected chi connectivity index (χ1v) is 3.33. The lowest BCUT2D eigenvalue weighted by Crippen LogP contribution is -1.89. The average molecular weight is 181 g/mol. The molecule has 0 fully saturated rings. The molecule has 1 rings (SSSR count). The van der Waals surface area contributed by atoms with Crippen molar-refractivity contribution in [2.75, 3.05) is 0 Å². The number of pyridine rings is 1. The van der Waals surface area contributed by atoms with E-state index in [0.29, 0.717) is 5.69 Å². The third-order valence-electron chi connectivity index (χ3n) is 1.09. The largest absolute Gasteiger partial charge is 0.363 e. The Labute approximate surface area is 72.9 Å². The minimum Gasteiger partial charge on any atom is -0.358 e. The molecule has 0 N–H and O–H groups in total. The summed E-state index contributed by atoms with van der Waals surface area (Å²) in [5.74, 6) is -0.210. The molecule has 0 bridgehead atoms. The Kier molecular flexibility index (Phi) is 2.57. The van der Waals surface area contributed by atoms with Gasteiger partial charge < -0.3 is 10.1 Å². The number of nitro groups is 1. The SMILES string of the molecule is O=[N+]([O-])c1ccc(N=C=S)cn1. The van der Waals surface area contributed by atoms with Gasteiger partial charge in [-0.1, -0.05) is 0 Å². The van der Waals surface area contributed by atoms with Crippen LogP contribution in [-0.4, -0.2) is 15.1 Å². The van der Waals surface area contributed by atoms with Gasteiger partial charge in [0.2, 0.25) is 0 Å². The van der Waals surface area contributed by atoms with Crippen molar-refractivity contribution in [1.29, 1.82) is 0 Å². The molecule has 6 heteroatoms. The molecule has 0 atom stereocenters. The summed E-state index contributed by atoms with van der Waals surface area (Å²) in [6.07, 6.45) is 1.26. The molecule has 0 aliphatic rings. The summed E-state index contributed by atoms with van der Waals surface area (Å²) in [6, 6.07) is 2.70. The Hall–Kier alpha value is -1.65. The van der Waals surface area contributed by atoms with Gasteiger partial charge in [-0.25, -0.2) is 0 Å². The van der Waals surface area contributed by atoms with Gasteiger partial charge in [0.05, 0.1) is 5.16 Å². The number of hydrogen-bond donors (Lipinski definition) is 0. The second-order valence-electron chi connectivity index (χ2n) is 1.83. The maximum absolute atomic E-state index is 10.1. The quantitative estimate of drug-likeness (QED) is 0.301. The second kappa shape index (κ2) is 3.66. The van der Waals surface area contributed by atoms with E-state index in [1.54, 1.807) is 0 Å². The summed E-state index contributed by atoms with van der Waals surface area (Å²) >= 11 is 4.34. The Morgan fingerprint density at radius 1 is 1.67 bits per heavy atom. The molecule has 0 saturated heterocycles. The highest BCUT2D eigenvalue weighted by molar-refractivity contribution is 7.78. The normalized spacial score (nSPS) is 8.67. The van der Waals surface area contributed by atoms with Crippen molar-refractivity contribution in [3.63, 3.8) is 0 Å². The van der Waals surface area contributed by atoms with Crippen LogP contribution >= 0.6 is 12.2 Å². The van der Waals surface area contributed by atoms with Crippen molar-refractivity contribution in [3.8, 4) is 0 Å². The van der Waals surface area contributed by atoms with Crippen LogP contribution in [0.2, 0.25) is 0 Å². The molecular formula is C6H3N3O2S. The van der Waals surface area contributed by atoms with E-state index in [-0.39, 0.29) is 5.82 Å². The van der Waals surface area contributed by atoms with Gasteiger partial charge in [-0.05, 0) is 28.2 Å². The van der Waals surface area contributed by atoms with E-state index in [2.05, 4.69) is 27.4 Å². The zero-order valence-corrected chi connectivity index (χ0v) is 6.61. The summed E-state index contributed by atoms with van der Waals surface area (Å²) < 4.78 is 0. The number of isothiocyanates is 1. The van der Waals surface area contributed by atoms with E-state index in [1.807, 2.05) is 0 Å². The van der Waals surface area contributed by atoms with E-state index in [9.17, 15) is 10.1 Å². The molecule has 0 saturated carbocycles. The van der Waals surface area contributed by atoms with Crippen molar-refractivity contribution < 1.29 is 4.92 Å². The molecule has 0 amide bonds. The number of rotatable bonds is 2. The highest BCUT2D eigenvalue weighted by Gasteiger charge is 2.04. The molecule has 0 aliphatic carbocycles. The van der Waals surface area contributed by atoms with Gasteiger partial charge in [-0.3, -0.25) is 0 Å². The third-order valence-corrected chi connectivity index (χ3v) is 1.19. The summed E-state index contributed by atoms with van der Waals surface area (Å²) in [5, 5.41) is 12.3. The molecule has 0 aromatic carbocycles. The molecule has 1 heterocycles. The Morgan fingerprint density at radius 3 is 2.83 bits per heavy atom. The maximum Gasteiger partial charge on any atom is 0.363 e. The van der Waals surface area contributed by atoms with Gasteiger partial charge in [-0.15, -0.1) is 0 Å². The second-order valence-corrected chi connectivity index (χ2v) is 2.02. The first-order valence-electron chi connectivity index (χ1n) is 2.92. The van der Waals surface area contributed by atoms with E-state index >= 15 is 0 Å². The zero-order valence-electron chi connectivity index (χ0n) is 5.80. The molecule has 12 heavy (non-hydrogen) atoms. The summed E-state index contributed by atoms with van der Waals surface area (Å²) in [6.45, 7) is 0. The van der Waals surface area contributed by atoms with Crippen molar-refractivity contribution in [2.24, 2.45) is 4.99 Å². The lowest BCUT2D eigenvalue weighted by molar-refractivity contribution is -0.389. The highest BCUT2D eigenvalue weighted by Crippen LogP contribution is 2.13. The first-order chi connectivity index (χ1) is 5.74. The average Bonchev–Trinajstić information content (AvgIpc) is 2.06. The standard InChI is InChI=1S/C6H3N3O2S/c10-9(11)6-2-1-5(3-7-6)8-4-12/h1-3H. The zero-order chi connectivity index (χ0) is 8.97. The Bertz CT molecular complexity index is 321.